The van der Waals surface area contributed by atoms with Crippen LogP contribution in [0.25, 0.3) is 0 Å². The fourth-order valence-corrected chi connectivity index (χ4v) is 2.82. The standard InChI is InChI=1S/C8H5BrClF3O2S/c9-7-3-1-2-6(8(11,12)13)5(7)4-16(10,14)15/h1-3H,4H2. The second-order valence-corrected chi connectivity index (χ2v) is 6.58. The normalized spacial score (nSPS) is 12.8. The smallest absolute Gasteiger partial charge is 0.212 e. The lowest BCUT2D eigenvalue weighted by molar-refractivity contribution is -0.138. The molecule has 0 unspecified atom stereocenters. The maximum Gasteiger partial charge on any atom is 0.416 e. The van der Waals surface area contributed by atoms with Gasteiger partial charge in [0.2, 0.25) is 9.05 Å². The van der Waals surface area contributed by atoms with Crippen molar-refractivity contribution < 1.29 is 21.6 Å². The number of alkyl halides is 3. The highest BCUT2D eigenvalue weighted by molar-refractivity contribution is 9.10. The van der Waals surface area contributed by atoms with Crippen LogP contribution in [0.15, 0.2) is 22.7 Å². The molecule has 1 aromatic carbocycles. The van der Waals surface area contributed by atoms with Crippen molar-refractivity contribution in [2.24, 2.45) is 0 Å². The first-order valence-electron chi connectivity index (χ1n) is 3.88. The van der Waals surface area contributed by atoms with Crippen LogP contribution in [0.2, 0.25) is 0 Å². The average Bonchev–Trinajstić information content (AvgIpc) is 2.04. The lowest BCUT2D eigenvalue weighted by atomic mass is 10.1. The number of hydrogen-bond acceptors (Lipinski definition) is 2. The lowest BCUT2D eigenvalue weighted by Crippen LogP contribution is -2.11. The Balaban J connectivity index is 3.36. The van der Waals surface area contributed by atoms with Crippen molar-refractivity contribution in [1.82, 2.24) is 0 Å². The van der Waals surface area contributed by atoms with Crippen LogP contribution in [0.5, 0.6) is 0 Å². The Morgan fingerprint density at radius 2 is 1.88 bits per heavy atom. The second-order valence-electron chi connectivity index (χ2n) is 2.95. The first kappa shape index (κ1) is 13.8. The van der Waals surface area contributed by atoms with E-state index in [1.165, 1.54) is 12.1 Å². The third-order valence-electron chi connectivity index (χ3n) is 1.74. The molecule has 0 spiro atoms. The summed E-state index contributed by atoms with van der Waals surface area (Å²) >= 11 is 2.87. The van der Waals surface area contributed by atoms with E-state index >= 15 is 0 Å². The molecule has 0 radical (unpaired) electrons. The average molecular weight is 338 g/mol. The Bertz CT molecular complexity index is 498. The summed E-state index contributed by atoms with van der Waals surface area (Å²) in [7, 11) is 0.906. The third-order valence-corrected chi connectivity index (χ3v) is 3.44. The van der Waals surface area contributed by atoms with E-state index in [4.69, 9.17) is 10.7 Å². The summed E-state index contributed by atoms with van der Waals surface area (Å²) in [6, 6.07) is 3.31. The molecule has 0 amide bonds. The lowest BCUT2D eigenvalue weighted by Gasteiger charge is -2.13. The maximum absolute atomic E-state index is 12.5. The third kappa shape index (κ3) is 3.64. The molecule has 0 fully saturated rings. The first-order valence-corrected chi connectivity index (χ1v) is 7.15. The Hall–Kier alpha value is -0.270. The van der Waals surface area contributed by atoms with Gasteiger partial charge in [0.15, 0.2) is 0 Å². The largest absolute Gasteiger partial charge is 0.416 e. The van der Waals surface area contributed by atoms with Gasteiger partial charge >= 0.3 is 6.18 Å². The van der Waals surface area contributed by atoms with Crippen molar-refractivity contribution in [3.8, 4) is 0 Å². The van der Waals surface area contributed by atoms with Gasteiger partial charge in [0.25, 0.3) is 0 Å². The Morgan fingerprint density at radius 3 is 2.31 bits per heavy atom. The second kappa shape index (κ2) is 4.54. The van der Waals surface area contributed by atoms with Gasteiger partial charge in [0.05, 0.1) is 11.3 Å². The quantitative estimate of drug-likeness (QED) is 0.774. The summed E-state index contributed by atoms with van der Waals surface area (Å²) < 4.78 is 59.3. The van der Waals surface area contributed by atoms with Crippen molar-refractivity contribution >= 4 is 35.7 Å². The van der Waals surface area contributed by atoms with Gasteiger partial charge in [0, 0.05) is 15.2 Å². The van der Waals surface area contributed by atoms with E-state index in [1.807, 2.05) is 0 Å². The topological polar surface area (TPSA) is 34.1 Å². The molecule has 1 aromatic rings. The van der Waals surface area contributed by atoms with Crippen molar-refractivity contribution in [3.63, 3.8) is 0 Å². The minimum absolute atomic E-state index is 0.0616. The zero-order chi connectivity index (χ0) is 12.6. The monoisotopic (exact) mass is 336 g/mol. The van der Waals surface area contributed by atoms with Crippen LogP contribution in [0.4, 0.5) is 13.2 Å². The molecule has 90 valence electrons. The molecular formula is C8H5BrClF3O2S. The predicted octanol–water partition coefficient (Wildman–Crippen LogP) is 3.54. The zero-order valence-electron chi connectivity index (χ0n) is 7.55. The molecular weight excluding hydrogens is 333 g/mol. The molecule has 0 N–H and O–H groups in total. The van der Waals surface area contributed by atoms with Gasteiger partial charge < -0.3 is 0 Å². The van der Waals surface area contributed by atoms with Crippen LogP contribution in [0, 0.1) is 0 Å². The molecule has 0 aliphatic rings. The van der Waals surface area contributed by atoms with Crippen molar-refractivity contribution in [2.45, 2.75) is 11.9 Å². The van der Waals surface area contributed by atoms with Gasteiger partial charge in [-0.3, -0.25) is 0 Å². The van der Waals surface area contributed by atoms with Crippen LogP contribution in [-0.4, -0.2) is 8.42 Å². The summed E-state index contributed by atoms with van der Waals surface area (Å²) in [5, 5.41) is 0. The van der Waals surface area contributed by atoms with Gasteiger partial charge in [-0.25, -0.2) is 8.42 Å². The first-order chi connectivity index (χ1) is 7.11. The number of hydrogen-bond donors (Lipinski definition) is 0. The highest BCUT2D eigenvalue weighted by Crippen LogP contribution is 2.36. The van der Waals surface area contributed by atoms with Gasteiger partial charge in [0.1, 0.15) is 0 Å². The molecule has 2 nitrogen and oxygen atoms in total. The van der Waals surface area contributed by atoms with E-state index in [0.717, 1.165) is 6.07 Å². The van der Waals surface area contributed by atoms with E-state index in [9.17, 15) is 21.6 Å². The summed E-state index contributed by atoms with van der Waals surface area (Å²) in [5.41, 5.74) is -1.39. The van der Waals surface area contributed by atoms with Gasteiger partial charge in [-0.1, -0.05) is 22.0 Å². The molecule has 0 atom stereocenters. The van der Waals surface area contributed by atoms with Crippen LogP contribution >= 0.6 is 26.6 Å². The minimum atomic E-state index is -4.61. The molecule has 0 saturated heterocycles. The fraction of sp³-hybridized carbons (Fsp3) is 0.250. The van der Waals surface area contributed by atoms with Gasteiger partial charge in [-0.05, 0) is 17.7 Å². The van der Waals surface area contributed by atoms with E-state index in [0.29, 0.717) is 0 Å². The number of rotatable bonds is 2. The molecule has 0 saturated carbocycles. The molecule has 16 heavy (non-hydrogen) atoms. The highest BCUT2D eigenvalue weighted by Gasteiger charge is 2.34. The van der Waals surface area contributed by atoms with Crippen molar-refractivity contribution in [2.75, 3.05) is 0 Å². The summed E-state index contributed by atoms with van der Waals surface area (Å²) in [6.07, 6.45) is -4.61. The Labute approximate surface area is 103 Å². The van der Waals surface area contributed by atoms with E-state index in [-0.39, 0.29) is 10.0 Å². The molecule has 0 bridgehead atoms. The maximum atomic E-state index is 12.5. The van der Waals surface area contributed by atoms with E-state index in [2.05, 4.69) is 15.9 Å². The van der Waals surface area contributed by atoms with Crippen molar-refractivity contribution in [3.05, 3.63) is 33.8 Å². The molecule has 0 aliphatic carbocycles. The van der Waals surface area contributed by atoms with Gasteiger partial charge in [-0.15, -0.1) is 0 Å². The van der Waals surface area contributed by atoms with Gasteiger partial charge in [-0.2, -0.15) is 13.2 Å². The fourth-order valence-electron chi connectivity index (χ4n) is 1.14. The zero-order valence-corrected chi connectivity index (χ0v) is 10.7. The predicted molar refractivity (Wildman–Crippen MR) is 57.6 cm³/mol. The number of benzene rings is 1. The molecule has 1 rings (SSSR count). The van der Waals surface area contributed by atoms with Crippen molar-refractivity contribution in [1.29, 1.82) is 0 Å². The number of halogens is 5. The Kier molecular flexibility index (Phi) is 3.91. The van der Waals surface area contributed by atoms with E-state index < -0.39 is 26.5 Å². The summed E-state index contributed by atoms with van der Waals surface area (Å²) in [5.74, 6) is -0.870. The molecule has 0 aromatic heterocycles. The molecule has 0 aliphatic heterocycles. The Morgan fingerprint density at radius 1 is 1.31 bits per heavy atom. The van der Waals surface area contributed by atoms with E-state index in [1.54, 1.807) is 0 Å². The highest BCUT2D eigenvalue weighted by atomic mass is 79.9. The van der Waals surface area contributed by atoms with Crippen LogP contribution in [0.3, 0.4) is 0 Å². The SMILES string of the molecule is O=S(=O)(Cl)Cc1c(Br)cccc1C(F)(F)F. The van der Waals surface area contributed by atoms with Crippen LogP contribution < -0.4 is 0 Å². The van der Waals surface area contributed by atoms with Crippen LogP contribution in [-0.2, 0) is 21.0 Å². The summed E-state index contributed by atoms with van der Waals surface area (Å²) in [6.45, 7) is 0. The van der Waals surface area contributed by atoms with Crippen LogP contribution in [0.1, 0.15) is 11.1 Å². The molecule has 0 heterocycles. The molecule has 8 heteroatoms. The minimum Gasteiger partial charge on any atom is -0.212 e. The summed E-state index contributed by atoms with van der Waals surface area (Å²) in [4.78, 5) is 0.